The Morgan fingerprint density at radius 1 is 1.70 bits per heavy atom. The van der Waals surface area contributed by atoms with Crippen molar-refractivity contribution in [1.29, 1.82) is 5.41 Å². The summed E-state index contributed by atoms with van der Waals surface area (Å²) in [5.41, 5.74) is 4.82. The topological polar surface area (TPSA) is 114 Å². The summed E-state index contributed by atoms with van der Waals surface area (Å²) in [5.74, 6) is 3.50. The van der Waals surface area contributed by atoms with Gasteiger partial charge in [-0.25, -0.2) is 4.79 Å². The van der Waals surface area contributed by atoms with Gasteiger partial charge in [0.15, 0.2) is 5.96 Å². The molecule has 56 valence electrons. The van der Waals surface area contributed by atoms with Crippen molar-refractivity contribution in [2.75, 3.05) is 6.54 Å². The molecule has 0 heterocycles. The average molecular weight is 223 g/mol. The molecular formula is C3H8N4O2Zr. The summed E-state index contributed by atoms with van der Waals surface area (Å²) in [6.07, 6.45) is 0. The molecule has 0 aromatic rings. The van der Waals surface area contributed by atoms with Crippen LogP contribution in [-0.4, -0.2) is 18.5 Å². The summed E-state index contributed by atoms with van der Waals surface area (Å²) in [7, 11) is 0. The van der Waals surface area contributed by atoms with Gasteiger partial charge in [0.05, 0.1) is 0 Å². The molecule has 0 amide bonds. The van der Waals surface area contributed by atoms with Crippen LogP contribution in [0, 0.1) is 5.41 Å². The first-order valence-electron chi connectivity index (χ1n) is 2.14. The van der Waals surface area contributed by atoms with Crippen LogP contribution in [0.1, 0.15) is 0 Å². The third-order valence-electron chi connectivity index (χ3n) is 0.555. The Hall–Kier alpha value is -0.417. The number of carbonyl (C=O) groups excluding carboxylic acids is 1. The maximum atomic E-state index is 10.2. The molecule has 0 spiro atoms. The number of nitrogens with two attached hydrogens (primary N) is 2. The monoisotopic (exact) mass is 222 g/mol. The SMILES string of the molecule is N=C(N)NCC(=O)ON.[Zr]. The molecule has 0 aromatic heterocycles. The summed E-state index contributed by atoms with van der Waals surface area (Å²) in [6, 6.07) is 0. The van der Waals surface area contributed by atoms with Gasteiger partial charge in [0.2, 0.25) is 0 Å². The first kappa shape index (κ1) is 12.3. The maximum absolute atomic E-state index is 10.2. The number of hydrogen-bond acceptors (Lipinski definition) is 4. The minimum Gasteiger partial charge on any atom is -0.372 e. The van der Waals surface area contributed by atoms with Gasteiger partial charge in [-0.15, -0.1) is 0 Å². The van der Waals surface area contributed by atoms with Gasteiger partial charge in [-0.05, 0) is 0 Å². The molecule has 6 N–H and O–H groups in total. The van der Waals surface area contributed by atoms with E-state index in [1.165, 1.54) is 0 Å². The normalized spacial score (nSPS) is 7.30. The summed E-state index contributed by atoms with van der Waals surface area (Å²) in [5, 5.41) is 8.78. The van der Waals surface area contributed by atoms with Gasteiger partial charge >= 0.3 is 5.97 Å². The Kier molecular flexibility index (Phi) is 8.23. The van der Waals surface area contributed by atoms with Crippen LogP contribution in [0.25, 0.3) is 0 Å². The van der Waals surface area contributed by atoms with Crippen molar-refractivity contribution < 1.29 is 35.8 Å². The molecule has 0 aliphatic carbocycles. The van der Waals surface area contributed by atoms with Gasteiger partial charge in [-0.3, -0.25) is 5.41 Å². The van der Waals surface area contributed by atoms with Crippen LogP contribution < -0.4 is 16.9 Å². The largest absolute Gasteiger partial charge is 0.372 e. The predicted molar refractivity (Wildman–Crippen MR) is 30.2 cm³/mol. The zero-order valence-corrected chi connectivity index (χ0v) is 7.64. The van der Waals surface area contributed by atoms with Crippen molar-refractivity contribution in [2.45, 2.75) is 0 Å². The molecule has 0 fully saturated rings. The quantitative estimate of drug-likeness (QED) is 0.243. The molecule has 0 saturated heterocycles. The van der Waals surface area contributed by atoms with Gasteiger partial charge in [0.1, 0.15) is 6.54 Å². The van der Waals surface area contributed by atoms with Crippen LogP contribution in [0.3, 0.4) is 0 Å². The van der Waals surface area contributed by atoms with E-state index < -0.39 is 5.97 Å². The van der Waals surface area contributed by atoms with E-state index in [0.29, 0.717) is 0 Å². The molecule has 0 atom stereocenters. The zero-order chi connectivity index (χ0) is 7.28. The molecule has 10 heavy (non-hydrogen) atoms. The van der Waals surface area contributed by atoms with Crippen LogP contribution in [0.15, 0.2) is 0 Å². The minimum absolute atomic E-state index is 0. The van der Waals surface area contributed by atoms with Crippen molar-refractivity contribution in [3.05, 3.63) is 0 Å². The van der Waals surface area contributed by atoms with E-state index >= 15 is 0 Å². The first-order valence-corrected chi connectivity index (χ1v) is 2.14. The molecule has 0 aromatic carbocycles. The third kappa shape index (κ3) is 7.58. The van der Waals surface area contributed by atoms with Crippen molar-refractivity contribution in [1.82, 2.24) is 5.32 Å². The second-order valence-electron chi connectivity index (χ2n) is 1.26. The van der Waals surface area contributed by atoms with Crippen LogP contribution in [0.5, 0.6) is 0 Å². The molecule has 0 unspecified atom stereocenters. The van der Waals surface area contributed by atoms with Crippen molar-refractivity contribution in [3.8, 4) is 0 Å². The predicted octanol–water partition coefficient (Wildman–Crippen LogP) is -2.12. The second-order valence-corrected chi connectivity index (χ2v) is 1.26. The van der Waals surface area contributed by atoms with E-state index in [4.69, 9.17) is 11.1 Å². The Morgan fingerprint density at radius 3 is 2.50 bits per heavy atom. The average Bonchev–Trinajstić information content (AvgIpc) is 1.83. The minimum atomic E-state index is -0.662. The Morgan fingerprint density at radius 2 is 2.20 bits per heavy atom. The van der Waals surface area contributed by atoms with Gasteiger partial charge < -0.3 is 15.9 Å². The molecule has 0 rings (SSSR count). The van der Waals surface area contributed by atoms with Gasteiger partial charge in [0, 0.05) is 26.2 Å². The Balaban J connectivity index is 0. The van der Waals surface area contributed by atoms with Crippen molar-refractivity contribution in [2.24, 2.45) is 11.6 Å². The molecule has 7 heteroatoms. The molecule has 0 aliphatic heterocycles. The van der Waals surface area contributed by atoms with Crippen LogP contribution in [0.2, 0.25) is 0 Å². The van der Waals surface area contributed by atoms with Gasteiger partial charge in [0.25, 0.3) is 0 Å². The number of guanidine groups is 1. The molecule has 0 bridgehead atoms. The molecule has 0 radical (unpaired) electrons. The van der Waals surface area contributed by atoms with Gasteiger partial charge in [-0.2, -0.15) is 5.90 Å². The maximum Gasteiger partial charge on any atom is 0.343 e. The first-order chi connectivity index (χ1) is 4.16. The fraction of sp³-hybridized carbons (Fsp3) is 0.333. The fourth-order valence-corrected chi connectivity index (χ4v) is 0.209. The number of rotatable bonds is 2. The van der Waals surface area contributed by atoms with Crippen LogP contribution >= 0.6 is 0 Å². The smallest absolute Gasteiger partial charge is 0.343 e. The number of hydrogen-bond donors (Lipinski definition) is 4. The standard InChI is InChI=1S/C3H8N4O2.Zr/c4-3(5)7-1-2(8)9-6;/h1,6H2,(H4,4,5,7);. The summed E-state index contributed by atoms with van der Waals surface area (Å²) in [6.45, 7) is -0.175. The van der Waals surface area contributed by atoms with E-state index in [1.54, 1.807) is 0 Å². The third-order valence-corrected chi connectivity index (χ3v) is 0.555. The van der Waals surface area contributed by atoms with Crippen molar-refractivity contribution in [3.63, 3.8) is 0 Å². The van der Waals surface area contributed by atoms with E-state index in [1.807, 2.05) is 0 Å². The van der Waals surface area contributed by atoms with Crippen LogP contribution in [-0.2, 0) is 35.8 Å². The molecular weight excluding hydrogens is 215 g/mol. The molecule has 0 saturated carbocycles. The van der Waals surface area contributed by atoms with E-state index in [9.17, 15) is 4.79 Å². The second kappa shape index (κ2) is 6.70. The Bertz CT molecular complexity index is 128. The fourth-order valence-electron chi connectivity index (χ4n) is 0.209. The van der Waals surface area contributed by atoms with Crippen LogP contribution in [0.4, 0.5) is 0 Å². The summed E-state index contributed by atoms with van der Waals surface area (Å²) in [4.78, 5) is 13.9. The summed E-state index contributed by atoms with van der Waals surface area (Å²) >= 11 is 0. The molecule has 0 aliphatic rings. The van der Waals surface area contributed by atoms with Crippen molar-refractivity contribution >= 4 is 11.9 Å². The number of carbonyl (C=O) groups is 1. The summed E-state index contributed by atoms with van der Waals surface area (Å²) < 4.78 is 0. The molecule has 6 nitrogen and oxygen atoms in total. The Labute approximate surface area is 76.9 Å². The van der Waals surface area contributed by atoms with E-state index in [0.717, 1.165) is 0 Å². The zero-order valence-electron chi connectivity index (χ0n) is 5.18. The van der Waals surface area contributed by atoms with E-state index in [2.05, 4.69) is 16.1 Å². The van der Waals surface area contributed by atoms with Gasteiger partial charge in [-0.1, -0.05) is 0 Å². The van der Waals surface area contributed by atoms with E-state index in [-0.39, 0.29) is 38.7 Å². The number of nitrogens with one attached hydrogen (secondary N) is 2.